The maximum absolute atomic E-state index is 12.7. The van der Waals surface area contributed by atoms with Gasteiger partial charge in [-0.1, -0.05) is 60.1 Å². The van der Waals surface area contributed by atoms with Gasteiger partial charge in [-0.3, -0.25) is 4.79 Å². The summed E-state index contributed by atoms with van der Waals surface area (Å²) in [5, 5.41) is 1.79. The van der Waals surface area contributed by atoms with Crippen LogP contribution in [0, 0.1) is 0 Å². The van der Waals surface area contributed by atoms with Crippen molar-refractivity contribution in [3.8, 4) is 5.75 Å². The molecule has 5 heteroatoms. The predicted molar refractivity (Wildman–Crippen MR) is 128 cm³/mol. The van der Waals surface area contributed by atoms with E-state index in [-0.39, 0.29) is 11.9 Å². The highest BCUT2D eigenvalue weighted by Crippen LogP contribution is 2.38. The smallest absolute Gasteiger partial charge is 0.170 e. The number of para-hydroxylation sites is 1. The topological polar surface area (TPSA) is 31.2 Å². The Morgan fingerprint density at radius 1 is 1.06 bits per heavy atom. The number of ether oxygens (including phenoxy) is 1. The first-order chi connectivity index (χ1) is 15.1. The fourth-order valence-electron chi connectivity index (χ4n) is 4.32. The molecule has 1 aromatic heterocycles. The van der Waals surface area contributed by atoms with Crippen molar-refractivity contribution < 1.29 is 9.53 Å². The number of Topliss-reactive ketones (excluding diaryl/α,β-unsaturated/α-hetero) is 1. The van der Waals surface area contributed by atoms with E-state index < -0.39 is 0 Å². The Labute approximate surface area is 194 Å². The Morgan fingerprint density at radius 3 is 2.68 bits per heavy atom. The van der Waals surface area contributed by atoms with Gasteiger partial charge in [0.25, 0.3) is 0 Å². The number of benzene rings is 3. The summed E-state index contributed by atoms with van der Waals surface area (Å²) < 4.78 is 9.23. The lowest BCUT2D eigenvalue weighted by atomic mass is 9.96. The van der Waals surface area contributed by atoms with E-state index in [1.54, 1.807) is 12.1 Å². The molecular formula is C26H21BrClNO2. The molecule has 5 rings (SSSR count). The average Bonchev–Trinajstić information content (AvgIpc) is 3.11. The van der Waals surface area contributed by atoms with Crippen molar-refractivity contribution in [1.29, 1.82) is 0 Å². The van der Waals surface area contributed by atoms with Crippen LogP contribution in [0.2, 0.25) is 5.02 Å². The number of ketones is 1. The first kappa shape index (κ1) is 20.3. The van der Waals surface area contributed by atoms with E-state index in [1.807, 2.05) is 6.07 Å². The van der Waals surface area contributed by atoms with Gasteiger partial charge in [0.05, 0.1) is 10.0 Å². The summed E-state index contributed by atoms with van der Waals surface area (Å²) in [6, 6.07) is 22.4. The number of hydrogen-bond acceptors (Lipinski definition) is 2. The highest BCUT2D eigenvalue weighted by atomic mass is 79.9. The highest BCUT2D eigenvalue weighted by molar-refractivity contribution is 9.10. The van der Waals surface area contributed by atoms with Crippen LogP contribution in [0.3, 0.4) is 0 Å². The molecule has 0 amide bonds. The van der Waals surface area contributed by atoms with Crippen LogP contribution in [0.5, 0.6) is 5.75 Å². The average molecular weight is 495 g/mol. The van der Waals surface area contributed by atoms with Crippen molar-refractivity contribution in [2.75, 3.05) is 0 Å². The molecule has 0 spiro atoms. The second-order valence-electron chi connectivity index (χ2n) is 7.96. The van der Waals surface area contributed by atoms with Crippen molar-refractivity contribution in [1.82, 2.24) is 4.57 Å². The van der Waals surface area contributed by atoms with Gasteiger partial charge in [-0.15, -0.1) is 0 Å². The summed E-state index contributed by atoms with van der Waals surface area (Å²) in [5.41, 5.74) is 4.35. The minimum Gasteiger partial charge on any atom is -0.488 e. The molecule has 0 bridgehead atoms. The molecule has 0 aliphatic carbocycles. The highest BCUT2D eigenvalue weighted by Gasteiger charge is 2.28. The molecule has 0 N–H and O–H groups in total. The monoisotopic (exact) mass is 493 g/mol. The summed E-state index contributed by atoms with van der Waals surface area (Å²) in [7, 11) is 0. The van der Waals surface area contributed by atoms with Crippen molar-refractivity contribution >= 4 is 44.2 Å². The van der Waals surface area contributed by atoms with E-state index in [4.69, 9.17) is 16.3 Å². The number of halogens is 2. The number of rotatable bonds is 5. The lowest BCUT2D eigenvalue weighted by Gasteiger charge is -2.26. The van der Waals surface area contributed by atoms with Crippen molar-refractivity contribution in [3.63, 3.8) is 0 Å². The second-order valence-corrected chi connectivity index (χ2v) is 9.25. The fourth-order valence-corrected chi connectivity index (χ4v) is 5.23. The molecule has 4 aromatic rings. The molecule has 1 unspecified atom stereocenters. The van der Waals surface area contributed by atoms with Gasteiger partial charge in [0.15, 0.2) is 5.78 Å². The number of carbonyl (C=O) groups is 1. The maximum atomic E-state index is 12.7. The van der Waals surface area contributed by atoms with Crippen LogP contribution in [0.25, 0.3) is 10.9 Å². The minimum absolute atomic E-state index is 0.0842. The van der Waals surface area contributed by atoms with Crippen LogP contribution in [0.4, 0.5) is 0 Å². The molecule has 156 valence electrons. The van der Waals surface area contributed by atoms with E-state index in [2.05, 4.69) is 75.2 Å². The van der Waals surface area contributed by atoms with E-state index >= 15 is 0 Å². The molecular weight excluding hydrogens is 474 g/mol. The van der Waals surface area contributed by atoms with Crippen LogP contribution in [0.1, 0.15) is 34.3 Å². The summed E-state index contributed by atoms with van der Waals surface area (Å²) >= 11 is 9.59. The van der Waals surface area contributed by atoms with E-state index in [9.17, 15) is 4.79 Å². The van der Waals surface area contributed by atoms with Gasteiger partial charge in [-0.2, -0.15) is 0 Å². The zero-order chi connectivity index (χ0) is 21.4. The van der Waals surface area contributed by atoms with Crippen LogP contribution >= 0.6 is 27.5 Å². The molecule has 0 radical (unpaired) electrons. The molecule has 1 aliphatic rings. The molecule has 0 saturated heterocycles. The lowest BCUT2D eigenvalue weighted by Crippen LogP contribution is -2.27. The van der Waals surface area contributed by atoms with E-state index in [1.165, 1.54) is 22.0 Å². The Balaban J connectivity index is 1.37. The zero-order valence-corrected chi connectivity index (χ0v) is 19.2. The molecule has 1 aliphatic heterocycles. The third-order valence-electron chi connectivity index (χ3n) is 5.81. The number of aromatic nitrogens is 1. The summed E-state index contributed by atoms with van der Waals surface area (Å²) in [6.45, 7) is 0.834. The lowest BCUT2D eigenvalue weighted by molar-refractivity contribution is 0.0837. The molecule has 3 nitrogen and oxygen atoms in total. The first-order valence-corrected chi connectivity index (χ1v) is 11.5. The summed E-state index contributed by atoms with van der Waals surface area (Å²) in [5.74, 6) is 0.693. The second kappa shape index (κ2) is 8.52. The van der Waals surface area contributed by atoms with Crippen molar-refractivity contribution in [2.45, 2.75) is 31.9 Å². The number of carbonyl (C=O) groups excluding carboxylic acids is 1. The van der Waals surface area contributed by atoms with Gasteiger partial charge in [0, 0.05) is 35.1 Å². The zero-order valence-electron chi connectivity index (χ0n) is 16.9. The number of aryl methyl sites for hydroxylation is 1. The van der Waals surface area contributed by atoms with Crippen LogP contribution in [-0.4, -0.2) is 16.5 Å². The van der Waals surface area contributed by atoms with E-state index in [0.29, 0.717) is 22.8 Å². The molecule has 31 heavy (non-hydrogen) atoms. The van der Waals surface area contributed by atoms with Gasteiger partial charge >= 0.3 is 0 Å². The molecule has 1 atom stereocenters. The first-order valence-electron chi connectivity index (χ1n) is 10.4. The third-order valence-corrected chi connectivity index (χ3v) is 6.62. The molecule has 3 aromatic carbocycles. The van der Waals surface area contributed by atoms with Crippen LogP contribution in [-0.2, 0) is 13.0 Å². The van der Waals surface area contributed by atoms with Gasteiger partial charge < -0.3 is 9.30 Å². The number of fused-ring (bicyclic) bond motifs is 2. The fraction of sp³-hybridized carbons (Fsp3) is 0.192. The van der Waals surface area contributed by atoms with E-state index in [0.717, 1.165) is 23.9 Å². The minimum atomic E-state index is -0.145. The van der Waals surface area contributed by atoms with Gasteiger partial charge in [0.2, 0.25) is 0 Å². The molecule has 0 saturated carbocycles. The van der Waals surface area contributed by atoms with Gasteiger partial charge in [-0.25, -0.2) is 0 Å². The van der Waals surface area contributed by atoms with Crippen molar-refractivity contribution in [2.24, 2.45) is 0 Å². The van der Waals surface area contributed by atoms with Crippen LogP contribution in [0.15, 0.2) is 77.4 Å². The quantitative estimate of drug-likeness (QED) is 0.297. The SMILES string of the molecule is O=C1CC(CCc2cn(Cc3ccccc3)c3ccccc23)Oc2c(Br)cc(Cl)cc21. The Hall–Kier alpha value is -2.56. The van der Waals surface area contributed by atoms with Gasteiger partial charge in [-0.05, 0) is 58.1 Å². The maximum Gasteiger partial charge on any atom is 0.170 e. The molecule has 2 heterocycles. The summed E-state index contributed by atoms with van der Waals surface area (Å²) in [4.78, 5) is 12.7. The Morgan fingerprint density at radius 2 is 1.84 bits per heavy atom. The summed E-state index contributed by atoms with van der Waals surface area (Å²) in [6.07, 6.45) is 4.10. The number of nitrogens with zero attached hydrogens (tertiary/aromatic N) is 1. The third kappa shape index (κ3) is 4.15. The largest absolute Gasteiger partial charge is 0.488 e. The van der Waals surface area contributed by atoms with Crippen LogP contribution < -0.4 is 4.74 Å². The normalized spacial score (nSPS) is 15.7. The Kier molecular flexibility index (Phi) is 5.59. The number of hydrogen-bond donors (Lipinski definition) is 0. The predicted octanol–water partition coefficient (Wildman–Crippen LogP) is 7.07. The Bertz CT molecular complexity index is 1270. The van der Waals surface area contributed by atoms with Gasteiger partial charge in [0.1, 0.15) is 11.9 Å². The standard InChI is InChI=1S/C26H21BrClNO2/c27-23-13-19(28)12-22-25(30)14-20(31-26(22)23)11-10-18-16-29(15-17-6-2-1-3-7-17)24-9-5-4-8-21(18)24/h1-9,12-13,16,20H,10-11,14-15H2. The van der Waals surface area contributed by atoms with Crippen molar-refractivity contribution in [3.05, 3.63) is 99.1 Å². The molecule has 0 fully saturated rings.